The van der Waals surface area contributed by atoms with Crippen LogP contribution in [0.1, 0.15) is 37.6 Å². The Labute approximate surface area is 231 Å². The lowest BCUT2D eigenvalue weighted by atomic mass is 10.1. The zero-order chi connectivity index (χ0) is 27.8. The molecule has 206 valence electrons. The fraction of sp³-hybridized carbons (Fsp3) is 0.387. The molecule has 1 aromatic heterocycles. The summed E-state index contributed by atoms with van der Waals surface area (Å²) in [6.07, 6.45) is 2.33. The Morgan fingerprint density at radius 2 is 1.67 bits per heavy atom. The zero-order valence-corrected chi connectivity index (χ0v) is 23.4. The number of aromatic nitrogens is 1. The predicted octanol–water partition coefficient (Wildman–Crippen LogP) is 5.72. The predicted molar refractivity (Wildman–Crippen MR) is 155 cm³/mol. The SMILES string of the molecule is Cc1ccc(NC(=O)N(Cc2cccc(CCN3CCN(C(=O)OC(C)(C)C)CC3)c2)c2ccccc2)cn1. The van der Waals surface area contributed by atoms with Gasteiger partial charge in [0.25, 0.3) is 0 Å². The van der Waals surface area contributed by atoms with Crippen molar-refractivity contribution in [2.75, 3.05) is 42.9 Å². The first-order valence-corrected chi connectivity index (χ1v) is 13.5. The van der Waals surface area contributed by atoms with Gasteiger partial charge in [0.15, 0.2) is 0 Å². The third kappa shape index (κ3) is 8.55. The molecule has 0 atom stereocenters. The summed E-state index contributed by atoms with van der Waals surface area (Å²) in [4.78, 5) is 35.9. The van der Waals surface area contributed by atoms with Gasteiger partial charge in [0.2, 0.25) is 0 Å². The number of anilines is 2. The van der Waals surface area contributed by atoms with Crippen LogP contribution < -0.4 is 10.2 Å². The molecule has 2 aromatic carbocycles. The molecule has 0 radical (unpaired) electrons. The van der Waals surface area contributed by atoms with Crippen LogP contribution in [-0.2, 0) is 17.7 Å². The Balaban J connectivity index is 1.35. The first-order chi connectivity index (χ1) is 18.7. The minimum atomic E-state index is -0.478. The summed E-state index contributed by atoms with van der Waals surface area (Å²) in [5, 5.41) is 2.98. The molecule has 2 heterocycles. The van der Waals surface area contributed by atoms with Gasteiger partial charge in [0, 0.05) is 44.1 Å². The number of amides is 3. The fourth-order valence-corrected chi connectivity index (χ4v) is 4.45. The number of nitrogens with one attached hydrogen (secondary N) is 1. The number of aryl methyl sites for hydroxylation is 1. The molecule has 1 N–H and O–H groups in total. The van der Waals surface area contributed by atoms with Crippen LogP contribution in [0.5, 0.6) is 0 Å². The Bertz CT molecular complexity index is 1230. The molecule has 1 saturated heterocycles. The third-order valence-corrected chi connectivity index (χ3v) is 6.55. The molecular weight excluding hydrogens is 490 g/mol. The van der Waals surface area contributed by atoms with Crippen LogP contribution in [0.4, 0.5) is 21.0 Å². The topological polar surface area (TPSA) is 78.0 Å². The minimum absolute atomic E-state index is 0.208. The number of para-hydroxylation sites is 1. The molecule has 1 aliphatic rings. The van der Waals surface area contributed by atoms with Gasteiger partial charge in [0.1, 0.15) is 5.60 Å². The van der Waals surface area contributed by atoms with Crippen LogP contribution in [0.3, 0.4) is 0 Å². The van der Waals surface area contributed by atoms with E-state index in [4.69, 9.17) is 4.74 Å². The van der Waals surface area contributed by atoms with Crippen molar-refractivity contribution in [1.82, 2.24) is 14.8 Å². The summed E-state index contributed by atoms with van der Waals surface area (Å²) in [5.74, 6) is 0. The molecule has 0 unspecified atom stereocenters. The number of pyridine rings is 1. The molecule has 39 heavy (non-hydrogen) atoms. The summed E-state index contributed by atoms with van der Waals surface area (Å²) in [6, 6.07) is 21.6. The number of piperazine rings is 1. The van der Waals surface area contributed by atoms with E-state index in [-0.39, 0.29) is 12.1 Å². The van der Waals surface area contributed by atoms with E-state index in [2.05, 4.69) is 39.5 Å². The summed E-state index contributed by atoms with van der Waals surface area (Å²) in [7, 11) is 0. The Morgan fingerprint density at radius 1 is 0.949 bits per heavy atom. The molecule has 3 amide bonds. The summed E-state index contributed by atoms with van der Waals surface area (Å²) in [6.45, 7) is 11.9. The van der Waals surface area contributed by atoms with Crippen molar-refractivity contribution in [2.45, 2.75) is 46.3 Å². The van der Waals surface area contributed by atoms with Crippen molar-refractivity contribution in [3.8, 4) is 0 Å². The Hall–Kier alpha value is -3.91. The Kier molecular flexibility index (Phi) is 9.19. The van der Waals surface area contributed by atoms with Crippen LogP contribution in [0.15, 0.2) is 72.9 Å². The van der Waals surface area contributed by atoms with Gasteiger partial charge in [-0.25, -0.2) is 9.59 Å². The second-order valence-corrected chi connectivity index (χ2v) is 10.9. The average molecular weight is 530 g/mol. The number of ether oxygens (including phenoxy) is 1. The molecule has 0 spiro atoms. The standard InChI is InChI=1S/C31H39N5O3/c1-24-13-14-27(22-32-24)33-29(37)36(28-11-6-5-7-12-28)23-26-10-8-9-25(21-26)15-16-34-17-19-35(20-18-34)30(38)39-31(2,3)4/h5-14,21-22H,15-20,23H2,1-4H3,(H,33,37). The highest BCUT2D eigenvalue weighted by molar-refractivity contribution is 6.01. The molecule has 8 heteroatoms. The van der Waals surface area contributed by atoms with Gasteiger partial charge < -0.3 is 15.0 Å². The van der Waals surface area contributed by atoms with Gasteiger partial charge in [-0.2, -0.15) is 0 Å². The number of carbonyl (C=O) groups excluding carboxylic acids is 2. The molecule has 3 aromatic rings. The second-order valence-electron chi connectivity index (χ2n) is 10.9. The van der Waals surface area contributed by atoms with Crippen molar-refractivity contribution in [3.63, 3.8) is 0 Å². The van der Waals surface area contributed by atoms with Crippen molar-refractivity contribution >= 4 is 23.5 Å². The first kappa shape index (κ1) is 28.1. The van der Waals surface area contributed by atoms with E-state index < -0.39 is 5.60 Å². The van der Waals surface area contributed by atoms with E-state index in [1.54, 1.807) is 16.0 Å². The van der Waals surface area contributed by atoms with Crippen LogP contribution in [0.2, 0.25) is 0 Å². The van der Waals surface area contributed by atoms with Gasteiger partial charge in [-0.05, 0) is 69.5 Å². The maximum atomic E-state index is 13.3. The molecule has 8 nitrogen and oxygen atoms in total. The number of hydrogen-bond acceptors (Lipinski definition) is 5. The highest BCUT2D eigenvalue weighted by Crippen LogP contribution is 2.20. The van der Waals surface area contributed by atoms with E-state index >= 15 is 0 Å². The molecule has 0 saturated carbocycles. The lowest BCUT2D eigenvalue weighted by molar-refractivity contribution is 0.0146. The van der Waals surface area contributed by atoms with E-state index in [0.29, 0.717) is 25.3 Å². The van der Waals surface area contributed by atoms with E-state index in [1.807, 2.05) is 70.2 Å². The van der Waals surface area contributed by atoms with Crippen molar-refractivity contribution in [2.24, 2.45) is 0 Å². The lowest BCUT2D eigenvalue weighted by Crippen LogP contribution is -2.50. The molecule has 0 aliphatic carbocycles. The van der Waals surface area contributed by atoms with Crippen LogP contribution in [0, 0.1) is 6.92 Å². The zero-order valence-electron chi connectivity index (χ0n) is 23.4. The quantitative estimate of drug-likeness (QED) is 0.423. The number of benzene rings is 2. The number of carbonyl (C=O) groups is 2. The van der Waals surface area contributed by atoms with Gasteiger partial charge in [-0.15, -0.1) is 0 Å². The minimum Gasteiger partial charge on any atom is -0.444 e. The average Bonchev–Trinajstić information content (AvgIpc) is 2.92. The number of rotatable bonds is 7. The summed E-state index contributed by atoms with van der Waals surface area (Å²) in [5.41, 5.74) is 4.18. The number of hydrogen-bond donors (Lipinski definition) is 1. The smallest absolute Gasteiger partial charge is 0.410 e. The Morgan fingerprint density at radius 3 is 2.33 bits per heavy atom. The highest BCUT2D eigenvalue weighted by Gasteiger charge is 2.25. The maximum Gasteiger partial charge on any atom is 0.410 e. The van der Waals surface area contributed by atoms with E-state index in [1.165, 1.54) is 5.56 Å². The largest absolute Gasteiger partial charge is 0.444 e. The van der Waals surface area contributed by atoms with Gasteiger partial charge in [0.05, 0.1) is 18.4 Å². The van der Waals surface area contributed by atoms with Crippen molar-refractivity contribution in [3.05, 3.63) is 89.7 Å². The number of urea groups is 1. The van der Waals surface area contributed by atoms with Gasteiger partial charge in [-0.1, -0.05) is 42.5 Å². The number of nitrogens with zero attached hydrogens (tertiary/aromatic N) is 4. The van der Waals surface area contributed by atoms with Gasteiger partial charge in [-0.3, -0.25) is 14.8 Å². The maximum absolute atomic E-state index is 13.3. The summed E-state index contributed by atoms with van der Waals surface area (Å²) >= 11 is 0. The fourth-order valence-electron chi connectivity index (χ4n) is 4.45. The molecular formula is C31H39N5O3. The van der Waals surface area contributed by atoms with Crippen molar-refractivity contribution in [1.29, 1.82) is 0 Å². The molecule has 1 aliphatic heterocycles. The molecule has 0 bridgehead atoms. The third-order valence-electron chi connectivity index (χ3n) is 6.55. The van der Waals surface area contributed by atoms with Gasteiger partial charge >= 0.3 is 12.1 Å². The van der Waals surface area contributed by atoms with Crippen LogP contribution in [-0.4, -0.2) is 65.2 Å². The van der Waals surface area contributed by atoms with Crippen LogP contribution >= 0.6 is 0 Å². The second kappa shape index (κ2) is 12.8. The first-order valence-electron chi connectivity index (χ1n) is 13.5. The lowest BCUT2D eigenvalue weighted by Gasteiger charge is -2.35. The summed E-state index contributed by atoms with van der Waals surface area (Å²) < 4.78 is 5.51. The normalized spacial score (nSPS) is 14.1. The molecule has 4 rings (SSSR count). The monoisotopic (exact) mass is 529 g/mol. The van der Waals surface area contributed by atoms with E-state index in [0.717, 1.165) is 43.0 Å². The van der Waals surface area contributed by atoms with E-state index in [9.17, 15) is 9.59 Å². The van der Waals surface area contributed by atoms with Crippen molar-refractivity contribution < 1.29 is 14.3 Å². The molecule has 1 fully saturated rings. The highest BCUT2D eigenvalue weighted by atomic mass is 16.6. The van der Waals surface area contributed by atoms with Crippen LogP contribution in [0.25, 0.3) is 0 Å².